The average Bonchev–Trinajstić information content (AvgIpc) is 2.27. The molecule has 1 saturated heterocycles. The Morgan fingerprint density at radius 1 is 1.42 bits per heavy atom. The maximum Gasteiger partial charge on any atom is 0.417 e. The van der Waals surface area contributed by atoms with Crippen LogP contribution in [0.4, 0.5) is 4.79 Å². The summed E-state index contributed by atoms with van der Waals surface area (Å²) >= 11 is 0. The Morgan fingerprint density at radius 3 is 2.58 bits per heavy atom. The molecule has 1 aliphatic heterocycles. The van der Waals surface area contributed by atoms with Crippen molar-refractivity contribution in [3.05, 3.63) is 0 Å². The van der Waals surface area contributed by atoms with E-state index in [-0.39, 0.29) is 19.8 Å². The smallest absolute Gasteiger partial charge is 0.417 e. The predicted molar refractivity (Wildman–Crippen MR) is 64.3 cm³/mol. The van der Waals surface area contributed by atoms with Gasteiger partial charge in [-0.05, 0) is 27.7 Å². The minimum Gasteiger partial charge on any atom is -0.464 e. The number of morpholine rings is 1. The molecule has 0 unspecified atom stereocenters. The summed E-state index contributed by atoms with van der Waals surface area (Å²) in [7, 11) is 0. The molecule has 1 fully saturated rings. The van der Waals surface area contributed by atoms with E-state index < -0.39 is 29.7 Å². The van der Waals surface area contributed by atoms with Crippen LogP contribution in [0.2, 0.25) is 0 Å². The van der Waals surface area contributed by atoms with Crippen molar-refractivity contribution in [2.24, 2.45) is 0 Å². The van der Waals surface area contributed by atoms with Gasteiger partial charge in [0.25, 0.3) is 5.91 Å². The van der Waals surface area contributed by atoms with Crippen LogP contribution in [-0.4, -0.2) is 54.3 Å². The highest BCUT2D eigenvalue weighted by atomic mass is 16.6. The number of hydrogen-bond acceptors (Lipinski definition) is 6. The second kappa shape index (κ2) is 6.01. The molecule has 0 aromatic heterocycles. The third kappa shape index (κ3) is 4.20. The summed E-state index contributed by atoms with van der Waals surface area (Å²) in [5, 5.41) is 0. The lowest BCUT2D eigenvalue weighted by molar-refractivity contribution is -0.171. The van der Waals surface area contributed by atoms with Gasteiger partial charge in [0.1, 0.15) is 5.60 Å². The Bertz CT molecular complexity index is 373. The molecule has 0 aromatic rings. The van der Waals surface area contributed by atoms with Crippen molar-refractivity contribution < 1.29 is 28.6 Å². The fourth-order valence-electron chi connectivity index (χ4n) is 1.47. The van der Waals surface area contributed by atoms with Gasteiger partial charge in [0.05, 0.1) is 19.8 Å². The molecule has 1 heterocycles. The van der Waals surface area contributed by atoms with Gasteiger partial charge in [-0.3, -0.25) is 4.79 Å². The zero-order valence-electron chi connectivity index (χ0n) is 11.6. The molecule has 0 saturated carbocycles. The SMILES string of the molecule is CCOC(=O)[C@@H]1OCCN(C(=O)OC(C)(C)C)C1=O. The molecular formula is C12H19NO6. The van der Waals surface area contributed by atoms with E-state index in [0.717, 1.165) is 4.90 Å². The molecule has 0 bridgehead atoms. The van der Waals surface area contributed by atoms with Crippen LogP contribution in [0.15, 0.2) is 0 Å². The molecule has 0 aliphatic carbocycles. The van der Waals surface area contributed by atoms with Gasteiger partial charge < -0.3 is 14.2 Å². The van der Waals surface area contributed by atoms with Crippen LogP contribution in [0.3, 0.4) is 0 Å². The van der Waals surface area contributed by atoms with E-state index in [0.29, 0.717) is 0 Å². The minimum absolute atomic E-state index is 0.0592. The fourth-order valence-corrected chi connectivity index (χ4v) is 1.47. The van der Waals surface area contributed by atoms with Crippen LogP contribution < -0.4 is 0 Å². The third-order valence-electron chi connectivity index (χ3n) is 2.20. The standard InChI is InChI=1S/C12H19NO6/c1-5-17-10(15)8-9(14)13(6-7-18-8)11(16)19-12(2,3)4/h8H,5-7H2,1-4H3/t8-/m1/s1. The molecule has 108 valence electrons. The number of imide groups is 1. The number of carbonyl (C=O) groups excluding carboxylic acids is 3. The Labute approximate surface area is 111 Å². The number of esters is 1. The first kappa shape index (κ1) is 15.4. The molecule has 0 N–H and O–H groups in total. The minimum atomic E-state index is -1.39. The molecular weight excluding hydrogens is 254 g/mol. The summed E-state index contributed by atoms with van der Waals surface area (Å²) in [6, 6.07) is 0. The summed E-state index contributed by atoms with van der Waals surface area (Å²) in [6.45, 7) is 6.98. The second-order valence-electron chi connectivity index (χ2n) is 4.97. The van der Waals surface area contributed by atoms with Crippen molar-refractivity contribution in [3.8, 4) is 0 Å². The predicted octanol–water partition coefficient (Wildman–Crippen LogP) is 0.712. The summed E-state index contributed by atoms with van der Waals surface area (Å²) in [5.41, 5.74) is -0.713. The van der Waals surface area contributed by atoms with E-state index >= 15 is 0 Å². The lowest BCUT2D eigenvalue weighted by Gasteiger charge is -2.31. The van der Waals surface area contributed by atoms with Gasteiger partial charge >= 0.3 is 12.1 Å². The summed E-state index contributed by atoms with van der Waals surface area (Å²) in [5.74, 6) is -1.54. The van der Waals surface area contributed by atoms with E-state index in [1.165, 1.54) is 0 Å². The number of carbonyl (C=O) groups is 3. The van der Waals surface area contributed by atoms with Gasteiger partial charge in [0.15, 0.2) is 0 Å². The first-order valence-corrected chi connectivity index (χ1v) is 6.09. The van der Waals surface area contributed by atoms with E-state index in [9.17, 15) is 14.4 Å². The highest BCUT2D eigenvalue weighted by Gasteiger charge is 2.40. The second-order valence-corrected chi connectivity index (χ2v) is 4.97. The third-order valence-corrected chi connectivity index (χ3v) is 2.20. The van der Waals surface area contributed by atoms with Crippen molar-refractivity contribution in [2.75, 3.05) is 19.8 Å². The van der Waals surface area contributed by atoms with Crippen LogP contribution in [0.1, 0.15) is 27.7 Å². The topological polar surface area (TPSA) is 82.1 Å². The van der Waals surface area contributed by atoms with Gasteiger partial charge in [-0.25, -0.2) is 14.5 Å². The van der Waals surface area contributed by atoms with E-state index in [4.69, 9.17) is 14.2 Å². The average molecular weight is 273 g/mol. The highest BCUT2D eigenvalue weighted by molar-refractivity contribution is 6.06. The zero-order valence-corrected chi connectivity index (χ0v) is 11.6. The Kier molecular flexibility index (Phi) is 4.88. The van der Waals surface area contributed by atoms with E-state index in [1.54, 1.807) is 27.7 Å². The van der Waals surface area contributed by atoms with Crippen molar-refractivity contribution in [3.63, 3.8) is 0 Å². The van der Waals surface area contributed by atoms with Gasteiger partial charge in [-0.1, -0.05) is 0 Å². The summed E-state index contributed by atoms with van der Waals surface area (Å²) in [6.07, 6.45) is -2.17. The van der Waals surface area contributed by atoms with Crippen LogP contribution in [0, 0.1) is 0 Å². The number of rotatable bonds is 2. The van der Waals surface area contributed by atoms with Crippen LogP contribution in [-0.2, 0) is 23.8 Å². The van der Waals surface area contributed by atoms with Crippen molar-refractivity contribution >= 4 is 18.0 Å². The Balaban J connectivity index is 2.73. The molecule has 1 rings (SSSR count). The van der Waals surface area contributed by atoms with Crippen molar-refractivity contribution in [2.45, 2.75) is 39.4 Å². The first-order valence-electron chi connectivity index (χ1n) is 6.09. The Hall–Kier alpha value is -1.63. The molecule has 2 amide bonds. The van der Waals surface area contributed by atoms with Gasteiger partial charge in [0.2, 0.25) is 6.10 Å². The quantitative estimate of drug-likeness (QED) is 0.544. The molecule has 0 radical (unpaired) electrons. The highest BCUT2D eigenvalue weighted by Crippen LogP contribution is 2.14. The molecule has 0 spiro atoms. The number of amides is 2. The maximum atomic E-state index is 12.0. The number of nitrogens with zero attached hydrogens (tertiary/aromatic N) is 1. The van der Waals surface area contributed by atoms with Gasteiger partial charge in [-0.2, -0.15) is 0 Å². The summed E-state index contributed by atoms with van der Waals surface area (Å²) in [4.78, 5) is 36.2. The monoisotopic (exact) mass is 273 g/mol. The number of ether oxygens (including phenoxy) is 3. The fraction of sp³-hybridized carbons (Fsp3) is 0.750. The van der Waals surface area contributed by atoms with Crippen LogP contribution in [0.5, 0.6) is 0 Å². The zero-order chi connectivity index (χ0) is 14.6. The molecule has 7 heteroatoms. The molecule has 0 aromatic carbocycles. The lowest BCUT2D eigenvalue weighted by Crippen LogP contribution is -2.54. The van der Waals surface area contributed by atoms with Crippen molar-refractivity contribution in [1.82, 2.24) is 4.90 Å². The first-order chi connectivity index (χ1) is 8.76. The van der Waals surface area contributed by atoms with Crippen LogP contribution in [0.25, 0.3) is 0 Å². The van der Waals surface area contributed by atoms with E-state index in [2.05, 4.69) is 0 Å². The summed E-state index contributed by atoms with van der Waals surface area (Å²) < 4.78 is 14.9. The van der Waals surface area contributed by atoms with E-state index in [1.807, 2.05) is 0 Å². The molecule has 19 heavy (non-hydrogen) atoms. The lowest BCUT2D eigenvalue weighted by atomic mass is 10.2. The van der Waals surface area contributed by atoms with Gasteiger partial charge in [0, 0.05) is 0 Å². The largest absolute Gasteiger partial charge is 0.464 e. The molecule has 1 aliphatic rings. The van der Waals surface area contributed by atoms with Gasteiger partial charge in [-0.15, -0.1) is 0 Å². The Morgan fingerprint density at radius 2 is 2.05 bits per heavy atom. The molecule has 1 atom stereocenters. The maximum absolute atomic E-state index is 12.0. The van der Waals surface area contributed by atoms with Crippen molar-refractivity contribution in [1.29, 1.82) is 0 Å². The normalized spacial score (nSPS) is 20.1. The van der Waals surface area contributed by atoms with Crippen LogP contribution >= 0.6 is 0 Å². The molecule has 7 nitrogen and oxygen atoms in total. The number of hydrogen-bond donors (Lipinski definition) is 0.